The number of para-hydroxylation sites is 1. The van der Waals surface area contributed by atoms with Gasteiger partial charge in [-0.3, -0.25) is 9.69 Å². The van der Waals surface area contributed by atoms with Gasteiger partial charge in [-0.2, -0.15) is 5.10 Å². The highest BCUT2D eigenvalue weighted by atomic mass is 16.1. The summed E-state index contributed by atoms with van der Waals surface area (Å²) in [6.45, 7) is 2.49. The first-order valence-corrected chi connectivity index (χ1v) is 9.88. The van der Waals surface area contributed by atoms with Crippen molar-refractivity contribution in [3.63, 3.8) is 0 Å². The summed E-state index contributed by atoms with van der Waals surface area (Å²) in [7, 11) is 0. The Labute approximate surface area is 167 Å². The summed E-state index contributed by atoms with van der Waals surface area (Å²) in [6.07, 6.45) is 8.37. The second-order valence-electron chi connectivity index (χ2n) is 7.39. The third-order valence-electron chi connectivity index (χ3n) is 5.47. The van der Waals surface area contributed by atoms with Gasteiger partial charge in [0.15, 0.2) is 5.65 Å². The van der Waals surface area contributed by atoms with E-state index in [0.29, 0.717) is 29.4 Å². The summed E-state index contributed by atoms with van der Waals surface area (Å²) in [6, 6.07) is 10.1. The Morgan fingerprint density at radius 2 is 2.03 bits per heavy atom. The van der Waals surface area contributed by atoms with E-state index in [1.807, 2.05) is 41.2 Å². The van der Waals surface area contributed by atoms with Crippen molar-refractivity contribution in [1.82, 2.24) is 39.6 Å². The molecule has 0 amide bonds. The average Bonchev–Trinajstić information content (AvgIpc) is 3.36. The van der Waals surface area contributed by atoms with E-state index in [-0.39, 0.29) is 5.56 Å². The van der Waals surface area contributed by atoms with Gasteiger partial charge in [-0.1, -0.05) is 23.4 Å². The van der Waals surface area contributed by atoms with Gasteiger partial charge in [0.2, 0.25) is 0 Å². The van der Waals surface area contributed by atoms with Crippen LogP contribution in [0.25, 0.3) is 16.7 Å². The minimum atomic E-state index is -0.150. The molecule has 4 heterocycles. The first-order chi connectivity index (χ1) is 14.3. The second kappa shape index (κ2) is 7.59. The summed E-state index contributed by atoms with van der Waals surface area (Å²) in [5.74, 6) is 0.666. The Kier molecular flexibility index (Phi) is 4.65. The third-order valence-corrected chi connectivity index (χ3v) is 5.47. The molecule has 1 N–H and O–H groups in total. The first-order valence-electron chi connectivity index (χ1n) is 9.88. The van der Waals surface area contributed by atoms with Crippen LogP contribution in [0.1, 0.15) is 31.1 Å². The molecule has 1 saturated heterocycles. The molecule has 1 aliphatic rings. The number of benzene rings is 1. The van der Waals surface area contributed by atoms with Crippen molar-refractivity contribution >= 4 is 11.0 Å². The number of aromatic nitrogens is 7. The number of aromatic amines is 1. The molecule has 0 aliphatic carbocycles. The lowest BCUT2D eigenvalue weighted by Crippen LogP contribution is -2.27. The molecule has 1 unspecified atom stereocenters. The van der Waals surface area contributed by atoms with Crippen molar-refractivity contribution < 1.29 is 0 Å². The summed E-state index contributed by atoms with van der Waals surface area (Å²) in [5, 5.41) is 12.9. The molecule has 148 valence electrons. The average molecular weight is 390 g/mol. The van der Waals surface area contributed by atoms with Gasteiger partial charge in [-0.05, 0) is 37.9 Å². The van der Waals surface area contributed by atoms with E-state index in [2.05, 4.69) is 25.3 Å². The summed E-state index contributed by atoms with van der Waals surface area (Å²) in [4.78, 5) is 22.6. The van der Waals surface area contributed by atoms with Crippen LogP contribution in [0.15, 0.2) is 53.7 Å². The van der Waals surface area contributed by atoms with Gasteiger partial charge >= 0.3 is 0 Å². The lowest BCUT2D eigenvalue weighted by molar-refractivity contribution is 0.264. The smallest absolute Gasteiger partial charge is 0.262 e. The van der Waals surface area contributed by atoms with Gasteiger partial charge < -0.3 is 4.98 Å². The van der Waals surface area contributed by atoms with Crippen molar-refractivity contribution in [2.75, 3.05) is 13.1 Å². The predicted molar refractivity (Wildman–Crippen MR) is 108 cm³/mol. The monoisotopic (exact) mass is 390 g/mol. The van der Waals surface area contributed by atoms with E-state index in [0.717, 1.165) is 38.0 Å². The van der Waals surface area contributed by atoms with Gasteiger partial charge in [-0.25, -0.2) is 14.3 Å². The lowest BCUT2D eigenvalue weighted by atomic mass is 10.1. The molecule has 1 aliphatic heterocycles. The van der Waals surface area contributed by atoms with E-state index < -0.39 is 0 Å². The van der Waals surface area contributed by atoms with Gasteiger partial charge in [0.05, 0.1) is 30.7 Å². The summed E-state index contributed by atoms with van der Waals surface area (Å²) >= 11 is 0. The van der Waals surface area contributed by atoms with Crippen LogP contribution in [0.2, 0.25) is 0 Å². The molecule has 9 nitrogen and oxygen atoms in total. The molecule has 5 rings (SSSR count). The van der Waals surface area contributed by atoms with Crippen LogP contribution >= 0.6 is 0 Å². The SMILES string of the molecule is O=c1[nH]c(CN2CCCC(n3ccnn3)CC2)nc2c1cnn2-c1ccccc1. The molecule has 0 radical (unpaired) electrons. The summed E-state index contributed by atoms with van der Waals surface area (Å²) < 4.78 is 3.67. The largest absolute Gasteiger partial charge is 0.309 e. The number of H-pyrrole nitrogens is 1. The van der Waals surface area contributed by atoms with Gasteiger partial charge in [0.25, 0.3) is 5.56 Å². The topological polar surface area (TPSA) is 97.5 Å². The Balaban J connectivity index is 1.39. The van der Waals surface area contributed by atoms with Crippen LogP contribution in [-0.4, -0.2) is 52.7 Å². The van der Waals surface area contributed by atoms with E-state index in [1.165, 1.54) is 0 Å². The van der Waals surface area contributed by atoms with Crippen molar-refractivity contribution in [2.45, 2.75) is 31.8 Å². The first kappa shape index (κ1) is 17.7. The molecule has 1 atom stereocenters. The van der Waals surface area contributed by atoms with Gasteiger partial charge in [-0.15, -0.1) is 5.10 Å². The van der Waals surface area contributed by atoms with Crippen LogP contribution in [0.4, 0.5) is 0 Å². The Bertz CT molecular complexity index is 1150. The quantitative estimate of drug-likeness (QED) is 0.572. The van der Waals surface area contributed by atoms with Crippen molar-refractivity contribution in [2.24, 2.45) is 0 Å². The number of nitrogens with zero attached hydrogens (tertiary/aromatic N) is 7. The number of likely N-dealkylation sites (tertiary alicyclic amines) is 1. The molecule has 0 spiro atoms. The van der Waals surface area contributed by atoms with E-state index >= 15 is 0 Å². The van der Waals surface area contributed by atoms with Crippen molar-refractivity contribution in [3.05, 3.63) is 65.1 Å². The zero-order chi connectivity index (χ0) is 19.6. The maximum absolute atomic E-state index is 12.6. The normalized spacial score (nSPS) is 18.1. The molecule has 1 aromatic carbocycles. The minimum absolute atomic E-state index is 0.150. The maximum atomic E-state index is 12.6. The van der Waals surface area contributed by atoms with Crippen molar-refractivity contribution in [3.8, 4) is 5.69 Å². The fourth-order valence-corrected chi connectivity index (χ4v) is 3.98. The maximum Gasteiger partial charge on any atom is 0.262 e. The predicted octanol–water partition coefficient (Wildman–Crippen LogP) is 1.93. The molecular weight excluding hydrogens is 368 g/mol. The van der Waals surface area contributed by atoms with Crippen LogP contribution in [0.3, 0.4) is 0 Å². The number of fused-ring (bicyclic) bond motifs is 1. The van der Waals surface area contributed by atoms with E-state index in [4.69, 9.17) is 4.98 Å². The fraction of sp³-hybridized carbons (Fsp3) is 0.350. The highest BCUT2D eigenvalue weighted by Crippen LogP contribution is 2.22. The molecule has 9 heteroatoms. The van der Waals surface area contributed by atoms with Gasteiger partial charge in [0, 0.05) is 12.7 Å². The zero-order valence-electron chi connectivity index (χ0n) is 16.0. The molecule has 29 heavy (non-hydrogen) atoms. The standard InChI is InChI=1S/C20H22N8O/c29-20-17-13-22-28(16-5-2-1-3-6-16)19(17)23-18(24-20)14-26-10-4-7-15(8-11-26)27-12-9-21-25-27/h1-3,5-6,9,12-13,15H,4,7-8,10-11,14H2,(H,23,24,29). The van der Waals surface area contributed by atoms with E-state index in [9.17, 15) is 4.79 Å². The molecule has 1 fully saturated rings. The number of rotatable bonds is 4. The van der Waals surface area contributed by atoms with Gasteiger partial charge in [0.1, 0.15) is 11.2 Å². The number of hydrogen-bond donors (Lipinski definition) is 1. The minimum Gasteiger partial charge on any atom is -0.309 e. The lowest BCUT2D eigenvalue weighted by Gasteiger charge is -2.19. The van der Waals surface area contributed by atoms with Crippen LogP contribution in [0.5, 0.6) is 0 Å². The van der Waals surface area contributed by atoms with Crippen LogP contribution in [-0.2, 0) is 6.54 Å². The molecule has 4 aromatic rings. The molecule has 0 saturated carbocycles. The van der Waals surface area contributed by atoms with Crippen molar-refractivity contribution in [1.29, 1.82) is 0 Å². The van der Waals surface area contributed by atoms with Crippen LogP contribution in [0, 0.1) is 0 Å². The summed E-state index contributed by atoms with van der Waals surface area (Å²) in [5.41, 5.74) is 1.32. The second-order valence-corrected chi connectivity index (χ2v) is 7.39. The number of nitrogens with one attached hydrogen (secondary N) is 1. The highest BCUT2D eigenvalue weighted by Gasteiger charge is 2.20. The van der Waals surface area contributed by atoms with Crippen LogP contribution < -0.4 is 5.56 Å². The Morgan fingerprint density at radius 3 is 2.86 bits per heavy atom. The Hall–Kier alpha value is -3.33. The fourth-order valence-electron chi connectivity index (χ4n) is 3.98. The molecular formula is C20H22N8O. The zero-order valence-corrected chi connectivity index (χ0v) is 16.0. The van der Waals surface area contributed by atoms with E-state index in [1.54, 1.807) is 17.1 Å². The molecule has 0 bridgehead atoms. The molecule has 3 aromatic heterocycles. The number of hydrogen-bond acceptors (Lipinski definition) is 6. The highest BCUT2D eigenvalue weighted by molar-refractivity contribution is 5.75. The third kappa shape index (κ3) is 3.56. The Morgan fingerprint density at radius 1 is 1.14 bits per heavy atom.